The van der Waals surface area contributed by atoms with Gasteiger partial charge in [-0.2, -0.15) is 0 Å². The molecule has 1 N–H and O–H groups in total. The molecule has 2 heterocycles. The molecule has 0 aliphatic carbocycles. The van der Waals surface area contributed by atoms with Gasteiger partial charge in [0.05, 0.1) is 5.52 Å². The van der Waals surface area contributed by atoms with E-state index < -0.39 is 0 Å². The average Bonchev–Trinajstić information content (AvgIpc) is 2.40. The highest BCUT2D eigenvalue weighted by molar-refractivity contribution is 5.70. The van der Waals surface area contributed by atoms with Crippen LogP contribution in [0, 0.1) is 12.3 Å². The summed E-state index contributed by atoms with van der Waals surface area (Å²) in [5, 5.41) is 0. The molecule has 0 saturated heterocycles. The van der Waals surface area contributed by atoms with E-state index >= 15 is 0 Å². The summed E-state index contributed by atoms with van der Waals surface area (Å²) in [6.07, 6.45) is 0.981. The van der Waals surface area contributed by atoms with Crippen molar-refractivity contribution in [1.29, 1.82) is 0 Å². The van der Waals surface area contributed by atoms with Crippen LogP contribution in [0.2, 0.25) is 0 Å². The van der Waals surface area contributed by atoms with Gasteiger partial charge in [-0.05, 0) is 30.9 Å². The van der Waals surface area contributed by atoms with Crippen LogP contribution in [0.4, 0.5) is 0 Å². The van der Waals surface area contributed by atoms with Crippen molar-refractivity contribution in [3.63, 3.8) is 0 Å². The first-order valence-electron chi connectivity index (χ1n) is 5.26. The topological polar surface area (TPSA) is 41.6 Å². The second-order valence-corrected chi connectivity index (χ2v) is 5.23. The lowest BCUT2D eigenvalue weighted by Crippen LogP contribution is -2.10. The minimum Gasteiger partial charge on any atom is -0.341 e. The van der Waals surface area contributed by atoms with Crippen molar-refractivity contribution in [3.05, 3.63) is 23.7 Å². The summed E-state index contributed by atoms with van der Waals surface area (Å²) in [5.41, 5.74) is 3.23. The van der Waals surface area contributed by atoms with Gasteiger partial charge in [-0.3, -0.25) is 0 Å². The van der Waals surface area contributed by atoms with Gasteiger partial charge >= 0.3 is 0 Å². The van der Waals surface area contributed by atoms with E-state index in [1.807, 2.05) is 6.92 Å². The maximum atomic E-state index is 4.54. The van der Waals surface area contributed by atoms with Crippen molar-refractivity contribution < 1.29 is 0 Å². The summed E-state index contributed by atoms with van der Waals surface area (Å²) in [6, 6.07) is 4.13. The number of nitrogens with one attached hydrogen (secondary N) is 1. The zero-order chi connectivity index (χ0) is 11.1. The number of H-pyrrole nitrogens is 1. The van der Waals surface area contributed by atoms with Crippen LogP contribution in [0.1, 0.15) is 32.3 Å². The van der Waals surface area contributed by atoms with Crippen LogP contribution < -0.4 is 0 Å². The molecule has 0 atom stereocenters. The van der Waals surface area contributed by atoms with Crippen molar-refractivity contribution in [2.45, 2.75) is 34.1 Å². The van der Waals surface area contributed by atoms with Gasteiger partial charge in [-0.1, -0.05) is 20.8 Å². The zero-order valence-corrected chi connectivity index (χ0v) is 9.76. The predicted molar refractivity (Wildman–Crippen MR) is 61.8 cm³/mol. The van der Waals surface area contributed by atoms with Crippen molar-refractivity contribution in [2.75, 3.05) is 0 Å². The Labute approximate surface area is 90.0 Å². The molecule has 0 fully saturated rings. The van der Waals surface area contributed by atoms with E-state index in [4.69, 9.17) is 0 Å². The van der Waals surface area contributed by atoms with Gasteiger partial charge in [-0.15, -0.1) is 0 Å². The van der Waals surface area contributed by atoms with Crippen LogP contribution in [0.15, 0.2) is 12.1 Å². The first-order chi connectivity index (χ1) is 6.94. The Hall–Kier alpha value is -1.38. The number of fused-ring (bicyclic) bond motifs is 1. The number of imidazole rings is 1. The van der Waals surface area contributed by atoms with Crippen LogP contribution in [-0.4, -0.2) is 15.0 Å². The number of hydrogen-bond donors (Lipinski definition) is 1. The molecule has 0 unspecified atom stereocenters. The van der Waals surface area contributed by atoms with Gasteiger partial charge in [0.25, 0.3) is 0 Å². The number of aromatic nitrogens is 3. The molecule has 0 radical (unpaired) electrons. The van der Waals surface area contributed by atoms with Crippen molar-refractivity contribution in [2.24, 2.45) is 5.41 Å². The Morgan fingerprint density at radius 2 is 1.93 bits per heavy atom. The number of pyridine rings is 1. The first-order valence-corrected chi connectivity index (χ1v) is 5.26. The minimum absolute atomic E-state index is 0.270. The zero-order valence-electron chi connectivity index (χ0n) is 9.76. The molecule has 80 valence electrons. The van der Waals surface area contributed by atoms with Crippen molar-refractivity contribution in [3.8, 4) is 0 Å². The molecule has 3 nitrogen and oxygen atoms in total. The normalized spacial score (nSPS) is 12.3. The number of aromatic amines is 1. The maximum absolute atomic E-state index is 4.54. The van der Waals surface area contributed by atoms with E-state index in [9.17, 15) is 0 Å². The third-order valence-electron chi connectivity index (χ3n) is 2.23. The lowest BCUT2D eigenvalue weighted by molar-refractivity contribution is 0.407. The third-order valence-corrected chi connectivity index (χ3v) is 2.23. The molecule has 0 bridgehead atoms. The molecule has 0 spiro atoms. The van der Waals surface area contributed by atoms with Crippen molar-refractivity contribution in [1.82, 2.24) is 15.0 Å². The number of aryl methyl sites for hydroxylation is 1. The summed E-state index contributed by atoms with van der Waals surface area (Å²) in [5.74, 6) is 0.922. The Balaban J connectivity index is 2.38. The van der Waals surface area contributed by atoms with E-state index in [1.54, 1.807) is 0 Å². The Bertz CT molecular complexity index is 477. The lowest BCUT2D eigenvalue weighted by atomic mass is 9.90. The van der Waals surface area contributed by atoms with E-state index in [1.165, 1.54) is 0 Å². The van der Waals surface area contributed by atoms with Crippen molar-refractivity contribution >= 4 is 11.2 Å². The summed E-state index contributed by atoms with van der Waals surface area (Å²) >= 11 is 0. The maximum Gasteiger partial charge on any atom is 0.177 e. The van der Waals surface area contributed by atoms with E-state index in [0.29, 0.717) is 0 Å². The Morgan fingerprint density at radius 3 is 2.60 bits per heavy atom. The van der Waals surface area contributed by atoms with E-state index in [-0.39, 0.29) is 5.41 Å². The largest absolute Gasteiger partial charge is 0.341 e. The fourth-order valence-electron chi connectivity index (χ4n) is 1.69. The highest BCUT2D eigenvalue weighted by atomic mass is 15.0. The van der Waals surface area contributed by atoms with Gasteiger partial charge in [0.15, 0.2) is 5.65 Å². The molecular formula is C12H17N3. The Kier molecular flexibility index (Phi) is 2.25. The third kappa shape index (κ3) is 2.35. The van der Waals surface area contributed by atoms with Crippen LogP contribution in [0.25, 0.3) is 11.2 Å². The second kappa shape index (κ2) is 3.33. The first kappa shape index (κ1) is 10.1. The van der Waals surface area contributed by atoms with Crippen LogP contribution >= 0.6 is 0 Å². The summed E-state index contributed by atoms with van der Waals surface area (Å²) in [7, 11) is 0. The molecule has 2 aromatic rings. The quantitative estimate of drug-likeness (QED) is 0.774. The van der Waals surface area contributed by atoms with Gasteiger partial charge < -0.3 is 4.98 Å². The fourth-order valence-corrected chi connectivity index (χ4v) is 1.69. The molecule has 0 aromatic carbocycles. The van der Waals surface area contributed by atoms with E-state index in [0.717, 1.165) is 29.1 Å². The number of rotatable bonds is 1. The minimum atomic E-state index is 0.270. The number of nitrogens with zero attached hydrogens (tertiary/aromatic N) is 2. The number of hydrogen-bond acceptors (Lipinski definition) is 2. The highest BCUT2D eigenvalue weighted by Gasteiger charge is 2.13. The van der Waals surface area contributed by atoms with Crippen LogP contribution in [0.5, 0.6) is 0 Å². The van der Waals surface area contributed by atoms with Gasteiger partial charge in [0, 0.05) is 5.69 Å². The molecular weight excluding hydrogens is 186 g/mol. The lowest BCUT2D eigenvalue weighted by Gasteiger charge is -2.16. The highest BCUT2D eigenvalue weighted by Crippen LogP contribution is 2.20. The molecule has 0 amide bonds. The van der Waals surface area contributed by atoms with Crippen LogP contribution in [0.3, 0.4) is 0 Å². The fraction of sp³-hybridized carbons (Fsp3) is 0.500. The second-order valence-electron chi connectivity index (χ2n) is 5.23. The monoisotopic (exact) mass is 203 g/mol. The summed E-state index contributed by atoms with van der Waals surface area (Å²) in [4.78, 5) is 12.1. The van der Waals surface area contributed by atoms with Gasteiger partial charge in [0.2, 0.25) is 0 Å². The molecule has 2 aromatic heterocycles. The molecule has 3 heteroatoms. The molecule has 2 rings (SSSR count). The van der Waals surface area contributed by atoms with E-state index in [2.05, 4.69) is 47.9 Å². The van der Waals surface area contributed by atoms with Gasteiger partial charge in [0.1, 0.15) is 5.82 Å². The molecule has 15 heavy (non-hydrogen) atoms. The molecule has 0 saturated carbocycles. The summed E-state index contributed by atoms with van der Waals surface area (Å²) < 4.78 is 0. The smallest absolute Gasteiger partial charge is 0.177 e. The molecule has 0 aliphatic rings. The van der Waals surface area contributed by atoms with Crippen LogP contribution in [-0.2, 0) is 6.42 Å². The van der Waals surface area contributed by atoms with Gasteiger partial charge in [-0.25, -0.2) is 9.97 Å². The molecule has 0 aliphatic heterocycles. The summed E-state index contributed by atoms with van der Waals surface area (Å²) in [6.45, 7) is 8.60. The average molecular weight is 203 g/mol. The SMILES string of the molecule is Cc1nc2nc(CC(C)(C)C)ccc2[nH]1. The Morgan fingerprint density at radius 1 is 1.20 bits per heavy atom. The standard InChI is InChI=1S/C12H17N3/c1-8-13-10-6-5-9(7-12(2,3)4)15-11(10)14-8/h5-6H,7H2,1-4H3,(H,13,14,15). The predicted octanol–water partition coefficient (Wildman–Crippen LogP) is 2.85.